The van der Waals surface area contributed by atoms with Crippen LogP contribution >= 0.6 is 0 Å². The fourth-order valence-corrected chi connectivity index (χ4v) is 2.14. The fourth-order valence-electron chi connectivity index (χ4n) is 2.14. The van der Waals surface area contributed by atoms with Crippen molar-refractivity contribution in [2.45, 2.75) is 71.3 Å². The SMILES string of the molecule is CC(=O)C(N)CCC(C)CCCCC1CC1. The second kappa shape index (κ2) is 7.05. The summed E-state index contributed by atoms with van der Waals surface area (Å²) in [6.45, 7) is 3.87. The zero-order valence-electron chi connectivity index (χ0n) is 10.9. The van der Waals surface area contributed by atoms with Gasteiger partial charge in [-0.25, -0.2) is 0 Å². The minimum absolute atomic E-state index is 0.126. The van der Waals surface area contributed by atoms with Crippen molar-refractivity contribution in [2.75, 3.05) is 0 Å². The van der Waals surface area contributed by atoms with E-state index in [9.17, 15) is 4.79 Å². The molecule has 0 amide bonds. The quantitative estimate of drug-likeness (QED) is 0.612. The summed E-state index contributed by atoms with van der Waals surface area (Å²) in [6, 6.07) is -0.228. The molecule has 0 aromatic heterocycles. The summed E-state index contributed by atoms with van der Waals surface area (Å²) in [6.07, 6.45) is 10.4. The Morgan fingerprint density at radius 3 is 2.50 bits per heavy atom. The molecular weight excluding hydrogens is 198 g/mol. The number of unbranched alkanes of at least 4 members (excludes halogenated alkanes) is 1. The van der Waals surface area contributed by atoms with Crippen molar-refractivity contribution in [3.63, 3.8) is 0 Å². The van der Waals surface area contributed by atoms with Crippen molar-refractivity contribution in [2.24, 2.45) is 17.6 Å². The van der Waals surface area contributed by atoms with Gasteiger partial charge in [-0.2, -0.15) is 0 Å². The summed E-state index contributed by atoms with van der Waals surface area (Å²) >= 11 is 0. The third-order valence-electron chi connectivity index (χ3n) is 3.75. The molecule has 2 unspecified atom stereocenters. The van der Waals surface area contributed by atoms with Gasteiger partial charge in [0.05, 0.1) is 6.04 Å². The molecule has 94 valence electrons. The van der Waals surface area contributed by atoms with Crippen LogP contribution in [0.25, 0.3) is 0 Å². The standard InChI is InChI=1S/C14H27NO/c1-11(7-10-14(15)12(2)16)5-3-4-6-13-8-9-13/h11,13-14H,3-10,15H2,1-2H3. The molecule has 0 aromatic rings. The van der Waals surface area contributed by atoms with E-state index >= 15 is 0 Å². The summed E-state index contributed by atoms with van der Waals surface area (Å²) in [5, 5.41) is 0. The van der Waals surface area contributed by atoms with Crippen molar-refractivity contribution < 1.29 is 4.79 Å². The van der Waals surface area contributed by atoms with E-state index < -0.39 is 0 Å². The smallest absolute Gasteiger partial charge is 0.146 e. The Morgan fingerprint density at radius 1 is 1.25 bits per heavy atom. The Bertz CT molecular complexity index is 211. The number of Topliss-reactive ketones (excluding diaryl/α,β-unsaturated/α-hetero) is 1. The lowest BCUT2D eigenvalue weighted by molar-refractivity contribution is -0.118. The maximum Gasteiger partial charge on any atom is 0.146 e. The summed E-state index contributed by atoms with van der Waals surface area (Å²) in [5.74, 6) is 1.92. The number of hydrogen-bond donors (Lipinski definition) is 1. The number of rotatable bonds is 9. The van der Waals surface area contributed by atoms with E-state index in [1.165, 1.54) is 38.5 Å². The summed E-state index contributed by atoms with van der Waals surface area (Å²) < 4.78 is 0. The number of ketones is 1. The van der Waals surface area contributed by atoms with Crippen molar-refractivity contribution >= 4 is 5.78 Å². The number of hydrogen-bond acceptors (Lipinski definition) is 2. The van der Waals surface area contributed by atoms with Gasteiger partial charge in [0, 0.05) is 0 Å². The van der Waals surface area contributed by atoms with E-state index in [1.54, 1.807) is 6.92 Å². The maximum atomic E-state index is 11.0. The molecule has 2 nitrogen and oxygen atoms in total. The molecule has 1 aliphatic rings. The molecule has 2 atom stereocenters. The van der Waals surface area contributed by atoms with Crippen LogP contribution < -0.4 is 5.73 Å². The van der Waals surface area contributed by atoms with Crippen molar-refractivity contribution in [3.05, 3.63) is 0 Å². The van der Waals surface area contributed by atoms with Crippen LogP contribution in [0.4, 0.5) is 0 Å². The molecule has 0 radical (unpaired) electrons. The van der Waals surface area contributed by atoms with Gasteiger partial charge in [-0.05, 0) is 31.6 Å². The molecule has 2 N–H and O–H groups in total. The summed E-state index contributed by atoms with van der Waals surface area (Å²) in [7, 11) is 0. The lowest BCUT2D eigenvalue weighted by atomic mass is 9.95. The average molecular weight is 225 g/mol. The first kappa shape index (κ1) is 13.7. The molecule has 0 saturated heterocycles. The molecule has 1 fully saturated rings. The van der Waals surface area contributed by atoms with Crippen LogP contribution in [0, 0.1) is 11.8 Å². The topological polar surface area (TPSA) is 43.1 Å². The monoisotopic (exact) mass is 225 g/mol. The number of nitrogens with two attached hydrogens (primary N) is 1. The molecule has 1 aliphatic carbocycles. The van der Waals surface area contributed by atoms with Crippen LogP contribution in [-0.4, -0.2) is 11.8 Å². The fraction of sp³-hybridized carbons (Fsp3) is 0.929. The Hall–Kier alpha value is -0.370. The molecule has 16 heavy (non-hydrogen) atoms. The van der Waals surface area contributed by atoms with Crippen molar-refractivity contribution in [1.29, 1.82) is 0 Å². The second-order valence-electron chi connectivity index (χ2n) is 5.63. The first-order valence-corrected chi connectivity index (χ1v) is 6.85. The molecule has 1 rings (SSSR count). The molecule has 0 aromatic carbocycles. The van der Waals surface area contributed by atoms with Crippen LogP contribution in [0.5, 0.6) is 0 Å². The number of carbonyl (C=O) groups is 1. The molecule has 0 aliphatic heterocycles. The molecular formula is C14H27NO. The van der Waals surface area contributed by atoms with Gasteiger partial charge in [-0.1, -0.05) is 45.4 Å². The van der Waals surface area contributed by atoms with E-state index in [-0.39, 0.29) is 11.8 Å². The highest BCUT2D eigenvalue weighted by atomic mass is 16.1. The van der Waals surface area contributed by atoms with Gasteiger partial charge < -0.3 is 5.73 Å². The van der Waals surface area contributed by atoms with Crippen molar-refractivity contribution in [3.8, 4) is 0 Å². The van der Waals surface area contributed by atoms with E-state index in [0.29, 0.717) is 0 Å². The van der Waals surface area contributed by atoms with Gasteiger partial charge in [-0.15, -0.1) is 0 Å². The van der Waals surface area contributed by atoms with Gasteiger partial charge >= 0.3 is 0 Å². The maximum absolute atomic E-state index is 11.0. The molecule has 1 saturated carbocycles. The van der Waals surface area contributed by atoms with Gasteiger partial charge in [0.1, 0.15) is 5.78 Å². The molecule has 0 bridgehead atoms. The van der Waals surface area contributed by atoms with Crippen LogP contribution in [0.2, 0.25) is 0 Å². The van der Waals surface area contributed by atoms with E-state index in [2.05, 4.69) is 6.92 Å². The van der Waals surface area contributed by atoms with E-state index in [4.69, 9.17) is 5.73 Å². The normalized spacial score (nSPS) is 19.4. The molecule has 2 heteroatoms. The largest absolute Gasteiger partial charge is 0.322 e. The third kappa shape index (κ3) is 6.26. The van der Waals surface area contributed by atoms with Crippen molar-refractivity contribution in [1.82, 2.24) is 0 Å². The summed E-state index contributed by atoms with van der Waals surface area (Å²) in [5.41, 5.74) is 5.72. The average Bonchev–Trinajstić information content (AvgIpc) is 3.04. The Labute approximate surface area is 100.0 Å². The highest BCUT2D eigenvalue weighted by molar-refractivity contribution is 5.80. The lowest BCUT2D eigenvalue weighted by Gasteiger charge is -2.13. The van der Waals surface area contributed by atoms with Crippen LogP contribution in [0.1, 0.15) is 65.2 Å². The number of carbonyl (C=O) groups excluding carboxylic acids is 1. The second-order valence-corrected chi connectivity index (χ2v) is 5.63. The highest BCUT2D eigenvalue weighted by Gasteiger charge is 2.20. The van der Waals surface area contributed by atoms with E-state index in [1.807, 2.05) is 0 Å². The Kier molecular flexibility index (Phi) is 6.04. The van der Waals surface area contributed by atoms with Crippen LogP contribution in [0.15, 0.2) is 0 Å². The zero-order chi connectivity index (χ0) is 12.0. The Balaban J connectivity index is 1.92. The van der Waals surface area contributed by atoms with Crippen LogP contribution in [-0.2, 0) is 4.79 Å². The van der Waals surface area contributed by atoms with Gasteiger partial charge in [0.25, 0.3) is 0 Å². The minimum Gasteiger partial charge on any atom is -0.322 e. The highest BCUT2D eigenvalue weighted by Crippen LogP contribution is 2.34. The summed E-state index contributed by atoms with van der Waals surface area (Å²) in [4.78, 5) is 11.0. The molecule has 0 heterocycles. The Morgan fingerprint density at radius 2 is 1.94 bits per heavy atom. The zero-order valence-corrected chi connectivity index (χ0v) is 10.9. The van der Waals surface area contributed by atoms with Gasteiger partial charge in [0.15, 0.2) is 0 Å². The van der Waals surface area contributed by atoms with Gasteiger partial charge in [0.2, 0.25) is 0 Å². The first-order chi connectivity index (χ1) is 7.59. The predicted octanol–water partition coefficient (Wildman–Crippen LogP) is 3.29. The van der Waals surface area contributed by atoms with E-state index in [0.717, 1.165) is 24.7 Å². The van der Waals surface area contributed by atoms with Gasteiger partial charge in [-0.3, -0.25) is 4.79 Å². The first-order valence-electron chi connectivity index (χ1n) is 6.85. The lowest BCUT2D eigenvalue weighted by Crippen LogP contribution is -2.28. The predicted molar refractivity (Wildman–Crippen MR) is 68.2 cm³/mol. The third-order valence-corrected chi connectivity index (χ3v) is 3.75. The molecule has 0 spiro atoms. The minimum atomic E-state index is -0.228. The van der Waals surface area contributed by atoms with Crippen LogP contribution in [0.3, 0.4) is 0 Å².